The van der Waals surface area contributed by atoms with Crippen LogP contribution in [-0.4, -0.2) is 45.8 Å². The van der Waals surface area contributed by atoms with Crippen LogP contribution in [0.2, 0.25) is 0 Å². The molecule has 176 valence electrons. The number of nitrogens with zero attached hydrogens (tertiary/aromatic N) is 3. The number of hydrogen-bond donors (Lipinski definition) is 1. The Bertz CT molecular complexity index is 1360. The monoisotopic (exact) mass is 472 g/mol. The van der Waals surface area contributed by atoms with Gasteiger partial charge in [-0.3, -0.25) is 9.48 Å². The van der Waals surface area contributed by atoms with Crippen molar-refractivity contribution in [2.45, 2.75) is 51.3 Å². The van der Waals surface area contributed by atoms with Crippen molar-refractivity contribution in [3.8, 4) is 11.3 Å². The molecule has 1 N–H and O–H groups in total. The zero-order valence-corrected chi connectivity index (χ0v) is 19.9. The summed E-state index contributed by atoms with van der Waals surface area (Å²) in [4.78, 5) is 15.9. The number of fused-ring (bicyclic) bond motifs is 2. The molecule has 0 radical (unpaired) electrons. The Kier molecular flexibility index (Phi) is 5.44. The zero-order chi connectivity index (χ0) is 23.5. The van der Waals surface area contributed by atoms with Gasteiger partial charge in [0.15, 0.2) is 0 Å². The molecule has 0 spiro atoms. The first kappa shape index (κ1) is 22.3. The van der Waals surface area contributed by atoms with E-state index in [4.69, 9.17) is 0 Å². The van der Waals surface area contributed by atoms with E-state index < -0.39 is 15.3 Å². The third kappa shape index (κ3) is 3.71. The van der Waals surface area contributed by atoms with Crippen molar-refractivity contribution < 1.29 is 12.8 Å². The lowest BCUT2D eigenvalue weighted by Crippen LogP contribution is -2.35. The highest BCUT2D eigenvalue weighted by atomic mass is 32.2. The average molecular weight is 473 g/mol. The molecule has 9 heteroatoms. The fourth-order valence-electron chi connectivity index (χ4n) is 5.53. The Morgan fingerprint density at radius 2 is 1.88 bits per heavy atom. The second-order valence-electron chi connectivity index (χ2n) is 9.61. The SMILES string of the molecule is CCn1ncc2c(F)cc(-c3ccc(C4CC5CN(S(=O)(=O)C(C)C)CC5C4)c(=O)[nH]3)cc21. The van der Waals surface area contributed by atoms with Crippen LogP contribution >= 0.6 is 0 Å². The molecule has 2 atom stereocenters. The molecule has 1 aromatic carbocycles. The summed E-state index contributed by atoms with van der Waals surface area (Å²) in [7, 11) is -3.24. The van der Waals surface area contributed by atoms with Crippen LogP contribution in [-0.2, 0) is 16.6 Å². The van der Waals surface area contributed by atoms with Gasteiger partial charge in [0.25, 0.3) is 5.56 Å². The maximum atomic E-state index is 14.6. The quantitative estimate of drug-likeness (QED) is 0.613. The number of aryl methyl sites for hydroxylation is 1. The Labute approximate surface area is 192 Å². The number of aromatic amines is 1. The van der Waals surface area contributed by atoms with Gasteiger partial charge in [0.05, 0.1) is 22.3 Å². The first-order valence-corrected chi connectivity index (χ1v) is 13.1. The van der Waals surface area contributed by atoms with E-state index in [2.05, 4.69) is 10.1 Å². The molecule has 0 bridgehead atoms. The third-order valence-corrected chi connectivity index (χ3v) is 9.58. The summed E-state index contributed by atoms with van der Waals surface area (Å²) < 4.78 is 43.0. The van der Waals surface area contributed by atoms with E-state index in [0.717, 1.165) is 18.4 Å². The van der Waals surface area contributed by atoms with E-state index in [1.54, 1.807) is 22.8 Å². The lowest BCUT2D eigenvalue weighted by Gasteiger charge is -2.21. The van der Waals surface area contributed by atoms with E-state index >= 15 is 0 Å². The van der Waals surface area contributed by atoms with Gasteiger partial charge >= 0.3 is 0 Å². The number of hydrogen-bond acceptors (Lipinski definition) is 4. The van der Waals surface area contributed by atoms with E-state index in [1.807, 2.05) is 25.1 Å². The number of benzene rings is 1. The summed E-state index contributed by atoms with van der Waals surface area (Å²) in [5.74, 6) is 0.320. The van der Waals surface area contributed by atoms with Crippen LogP contribution in [0.3, 0.4) is 0 Å². The smallest absolute Gasteiger partial charge is 0.251 e. The second kappa shape index (κ2) is 8.06. The van der Waals surface area contributed by atoms with Gasteiger partial charge in [0.2, 0.25) is 10.0 Å². The third-order valence-electron chi connectivity index (χ3n) is 7.38. The second-order valence-corrected chi connectivity index (χ2v) is 12.1. The largest absolute Gasteiger partial charge is 0.322 e. The maximum Gasteiger partial charge on any atom is 0.251 e. The van der Waals surface area contributed by atoms with Gasteiger partial charge in [-0.1, -0.05) is 6.07 Å². The van der Waals surface area contributed by atoms with Crippen molar-refractivity contribution in [3.63, 3.8) is 0 Å². The maximum absolute atomic E-state index is 14.6. The molecule has 0 amide bonds. The Morgan fingerprint density at radius 3 is 2.48 bits per heavy atom. The van der Waals surface area contributed by atoms with Gasteiger partial charge in [0, 0.05) is 36.5 Å². The molecule has 7 nitrogen and oxygen atoms in total. The topological polar surface area (TPSA) is 88.1 Å². The van der Waals surface area contributed by atoms with E-state index in [0.29, 0.717) is 41.8 Å². The summed E-state index contributed by atoms with van der Waals surface area (Å²) >= 11 is 0. The lowest BCUT2D eigenvalue weighted by atomic mass is 9.96. The molecular weight excluding hydrogens is 443 g/mol. The van der Waals surface area contributed by atoms with Crippen molar-refractivity contribution in [1.82, 2.24) is 19.1 Å². The molecule has 5 rings (SSSR count). The van der Waals surface area contributed by atoms with Crippen LogP contribution in [0.4, 0.5) is 4.39 Å². The minimum absolute atomic E-state index is 0.113. The standard InChI is InChI=1S/C24H29FN4O3S/c1-4-29-23-10-16(9-21(25)20(23)11-26-29)22-6-5-19(24(30)27-22)15-7-17-12-28(13-18(17)8-15)33(31,32)14(2)3/h5-6,9-11,14-15,17-18H,4,7-8,12-13H2,1-3H3,(H,27,30). The summed E-state index contributed by atoms with van der Waals surface area (Å²) in [5, 5.41) is 4.26. The van der Waals surface area contributed by atoms with Crippen LogP contribution in [0.15, 0.2) is 35.3 Å². The molecule has 2 unspecified atom stereocenters. The molecular formula is C24H29FN4O3S. The first-order chi connectivity index (χ1) is 15.7. The number of rotatable bonds is 5. The normalized spacial score (nSPS) is 23.6. The minimum atomic E-state index is -3.24. The van der Waals surface area contributed by atoms with Crippen LogP contribution in [0.1, 0.15) is 45.1 Å². The predicted octanol–water partition coefficient (Wildman–Crippen LogP) is 3.71. The van der Waals surface area contributed by atoms with Gasteiger partial charge in [-0.25, -0.2) is 17.1 Å². The highest BCUT2D eigenvalue weighted by Crippen LogP contribution is 2.46. The first-order valence-electron chi connectivity index (χ1n) is 11.6. The van der Waals surface area contributed by atoms with Crippen molar-refractivity contribution in [3.05, 3.63) is 52.2 Å². The highest BCUT2D eigenvalue weighted by molar-refractivity contribution is 7.89. The summed E-state index contributed by atoms with van der Waals surface area (Å²) in [5.41, 5.74) is 2.44. The summed E-state index contributed by atoms with van der Waals surface area (Å²) in [6.45, 7) is 7.09. The molecule has 1 aliphatic heterocycles. The molecule has 2 fully saturated rings. The number of aromatic nitrogens is 3. The molecule has 1 aliphatic carbocycles. The molecule has 2 aliphatic rings. The van der Waals surface area contributed by atoms with Crippen molar-refractivity contribution in [2.75, 3.05) is 13.1 Å². The summed E-state index contributed by atoms with van der Waals surface area (Å²) in [6.07, 6.45) is 3.15. The molecule has 1 saturated carbocycles. The van der Waals surface area contributed by atoms with E-state index in [9.17, 15) is 17.6 Å². The van der Waals surface area contributed by atoms with E-state index in [1.165, 1.54) is 12.3 Å². The molecule has 1 saturated heterocycles. The molecule has 33 heavy (non-hydrogen) atoms. The van der Waals surface area contributed by atoms with Crippen molar-refractivity contribution in [1.29, 1.82) is 0 Å². The number of pyridine rings is 1. The lowest BCUT2D eigenvalue weighted by molar-refractivity contribution is 0.431. The molecule has 3 heterocycles. The highest BCUT2D eigenvalue weighted by Gasteiger charge is 2.45. The van der Waals surface area contributed by atoms with Gasteiger partial charge in [0.1, 0.15) is 5.82 Å². The van der Waals surface area contributed by atoms with Crippen LogP contribution in [0, 0.1) is 17.7 Å². The average Bonchev–Trinajstić information content (AvgIpc) is 3.46. The van der Waals surface area contributed by atoms with Crippen LogP contribution in [0.25, 0.3) is 22.2 Å². The van der Waals surface area contributed by atoms with Gasteiger partial charge in [-0.15, -0.1) is 0 Å². The predicted molar refractivity (Wildman–Crippen MR) is 126 cm³/mol. The number of H-pyrrole nitrogens is 1. The number of nitrogens with one attached hydrogen (secondary N) is 1. The molecule has 2 aromatic heterocycles. The molecule has 3 aromatic rings. The van der Waals surface area contributed by atoms with Crippen LogP contribution < -0.4 is 5.56 Å². The van der Waals surface area contributed by atoms with Gasteiger partial charge in [-0.2, -0.15) is 5.10 Å². The van der Waals surface area contributed by atoms with Gasteiger partial charge in [-0.05, 0) is 69.6 Å². The Balaban J connectivity index is 1.37. The fraction of sp³-hybridized carbons (Fsp3) is 0.500. The van der Waals surface area contributed by atoms with Crippen molar-refractivity contribution in [2.24, 2.45) is 11.8 Å². The Hall–Kier alpha value is -2.52. The summed E-state index contributed by atoms with van der Waals surface area (Å²) in [6, 6.07) is 6.97. The van der Waals surface area contributed by atoms with E-state index in [-0.39, 0.29) is 29.1 Å². The van der Waals surface area contributed by atoms with Crippen molar-refractivity contribution >= 4 is 20.9 Å². The fourth-order valence-corrected chi connectivity index (χ4v) is 6.93. The minimum Gasteiger partial charge on any atom is -0.322 e. The number of sulfonamides is 1. The zero-order valence-electron chi connectivity index (χ0n) is 19.1. The number of halogens is 1. The Morgan fingerprint density at radius 1 is 1.18 bits per heavy atom. The van der Waals surface area contributed by atoms with Gasteiger partial charge < -0.3 is 4.98 Å². The van der Waals surface area contributed by atoms with Crippen LogP contribution in [0.5, 0.6) is 0 Å².